The van der Waals surface area contributed by atoms with Crippen LogP contribution in [0.2, 0.25) is 0 Å². The molecule has 1 aromatic heterocycles. The van der Waals surface area contributed by atoms with Crippen molar-refractivity contribution in [2.24, 2.45) is 0 Å². The van der Waals surface area contributed by atoms with Crippen LogP contribution in [0.4, 0.5) is 10.6 Å². The Bertz CT molecular complexity index is 405. The molecule has 0 atom stereocenters. The van der Waals surface area contributed by atoms with Gasteiger partial charge >= 0.3 is 6.09 Å². The standard InChI is InChI=1S/C12H18IN3O2/c1-12(2,3)18-11(17)15-8-7-14-10-6-4-5-9(13)16-10/h4-6H,7-8H2,1-3H3,(H,14,16)(H,15,17). The summed E-state index contributed by atoms with van der Waals surface area (Å²) in [4.78, 5) is 15.6. The van der Waals surface area contributed by atoms with E-state index in [1.165, 1.54) is 0 Å². The first-order valence-electron chi connectivity index (χ1n) is 5.70. The number of carbonyl (C=O) groups excluding carboxylic acids is 1. The highest BCUT2D eigenvalue weighted by Gasteiger charge is 2.15. The van der Waals surface area contributed by atoms with Gasteiger partial charge in [0.05, 0.1) is 0 Å². The number of aromatic nitrogens is 1. The topological polar surface area (TPSA) is 63.2 Å². The number of hydrogen-bond donors (Lipinski definition) is 2. The molecular weight excluding hydrogens is 345 g/mol. The van der Waals surface area contributed by atoms with Gasteiger partial charge < -0.3 is 15.4 Å². The van der Waals surface area contributed by atoms with Crippen molar-refractivity contribution in [2.75, 3.05) is 18.4 Å². The fraction of sp³-hybridized carbons (Fsp3) is 0.500. The zero-order valence-electron chi connectivity index (χ0n) is 10.8. The highest BCUT2D eigenvalue weighted by molar-refractivity contribution is 14.1. The maximum atomic E-state index is 11.3. The first-order chi connectivity index (χ1) is 8.37. The van der Waals surface area contributed by atoms with Gasteiger partial charge in [-0.3, -0.25) is 0 Å². The van der Waals surface area contributed by atoms with Crippen LogP contribution in [0, 0.1) is 3.70 Å². The van der Waals surface area contributed by atoms with E-state index in [-0.39, 0.29) is 0 Å². The molecule has 100 valence electrons. The molecule has 0 spiro atoms. The maximum absolute atomic E-state index is 11.3. The Morgan fingerprint density at radius 1 is 1.39 bits per heavy atom. The van der Waals surface area contributed by atoms with E-state index >= 15 is 0 Å². The van der Waals surface area contributed by atoms with Gasteiger partial charge in [0.15, 0.2) is 0 Å². The van der Waals surface area contributed by atoms with Gasteiger partial charge in [0.25, 0.3) is 0 Å². The minimum absolute atomic E-state index is 0.403. The largest absolute Gasteiger partial charge is 0.444 e. The predicted molar refractivity (Wildman–Crippen MR) is 79.7 cm³/mol. The Kier molecular flexibility index (Phi) is 5.64. The van der Waals surface area contributed by atoms with Crippen LogP contribution in [0.5, 0.6) is 0 Å². The van der Waals surface area contributed by atoms with Gasteiger partial charge in [-0.15, -0.1) is 0 Å². The number of nitrogens with zero attached hydrogens (tertiary/aromatic N) is 1. The lowest BCUT2D eigenvalue weighted by molar-refractivity contribution is 0.0530. The quantitative estimate of drug-likeness (QED) is 0.491. The van der Waals surface area contributed by atoms with Crippen molar-refractivity contribution >= 4 is 34.5 Å². The molecule has 0 aromatic carbocycles. The third kappa shape index (κ3) is 6.63. The van der Waals surface area contributed by atoms with Crippen molar-refractivity contribution in [3.8, 4) is 0 Å². The van der Waals surface area contributed by atoms with E-state index in [1.54, 1.807) is 0 Å². The summed E-state index contributed by atoms with van der Waals surface area (Å²) < 4.78 is 6.04. The molecule has 1 heterocycles. The SMILES string of the molecule is CC(C)(C)OC(=O)NCCNc1cccc(I)n1. The molecular formula is C12H18IN3O2. The van der Waals surface area contributed by atoms with Gasteiger partial charge in [0.1, 0.15) is 15.1 Å². The van der Waals surface area contributed by atoms with E-state index in [4.69, 9.17) is 4.74 Å². The zero-order valence-corrected chi connectivity index (χ0v) is 12.9. The van der Waals surface area contributed by atoms with E-state index in [0.717, 1.165) is 9.52 Å². The molecule has 0 saturated carbocycles. The number of rotatable bonds is 4. The van der Waals surface area contributed by atoms with Crippen LogP contribution in [-0.4, -0.2) is 29.8 Å². The highest BCUT2D eigenvalue weighted by atomic mass is 127. The van der Waals surface area contributed by atoms with Gasteiger partial charge in [-0.05, 0) is 55.5 Å². The van der Waals surface area contributed by atoms with Crippen LogP contribution in [0.1, 0.15) is 20.8 Å². The Hall–Kier alpha value is -1.05. The maximum Gasteiger partial charge on any atom is 0.407 e. The van der Waals surface area contributed by atoms with E-state index < -0.39 is 11.7 Å². The summed E-state index contributed by atoms with van der Waals surface area (Å²) in [6.07, 6.45) is -0.403. The Morgan fingerprint density at radius 2 is 2.11 bits per heavy atom. The lowest BCUT2D eigenvalue weighted by atomic mass is 10.2. The number of nitrogens with one attached hydrogen (secondary N) is 2. The van der Waals surface area contributed by atoms with Crippen molar-refractivity contribution in [1.29, 1.82) is 0 Å². The highest BCUT2D eigenvalue weighted by Crippen LogP contribution is 2.07. The number of alkyl carbamates (subject to hydrolysis) is 1. The lowest BCUT2D eigenvalue weighted by Gasteiger charge is -2.19. The van der Waals surface area contributed by atoms with Crippen LogP contribution in [-0.2, 0) is 4.74 Å². The molecule has 1 amide bonds. The van der Waals surface area contributed by atoms with Gasteiger partial charge in [0, 0.05) is 13.1 Å². The zero-order chi connectivity index (χ0) is 13.6. The fourth-order valence-corrected chi connectivity index (χ4v) is 1.64. The summed E-state index contributed by atoms with van der Waals surface area (Å²) in [7, 11) is 0. The smallest absolute Gasteiger partial charge is 0.407 e. The molecule has 0 bridgehead atoms. The number of amides is 1. The van der Waals surface area contributed by atoms with Crippen LogP contribution < -0.4 is 10.6 Å². The minimum Gasteiger partial charge on any atom is -0.444 e. The molecule has 18 heavy (non-hydrogen) atoms. The van der Waals surface area contributed by atoms with Gasteiger partial charge in [0.2, 0.25) is 0 Å². The Morgan fingerprint density at radius 3 is 2.72 bits per heavy atom. The lowest BCUT2D eigenvalue weighted by Crippen LogP contribution is -2.35. The molecule has 1 aromatic rings. The van der Waals surface area contributed by atoms with Crippen molar-refractivity contribution in [3.63, 3.8) is 0 Å². The molecule has 6 heteroatoms. The molecule has 0 aliphatic rings. The van der Waals surface area contributed by atoms with E-state index in [9.17, 15) is 4.79 Å². The predicted octanol–water partition coefficient (Wildman–Crippen LogP) is 2.62. The van der Waals surface area contributed by atoms with E-state index in [0.29, 0.717) is 13.1 Å². The van der Waals surface area contributed by atoms with Gasteiger partial charge in [-0.25, -0.2) is 9.78 Å². The molecule has 0 aliphatic heterocycles. The second-order valence-corrected chi connectivity index (χ2v) is 5.81. The summed E-state index contributed by atoms with van der Waals surface area (Å²) >= 11 is 2.15. The van der Waals surface area contributed by atoms with Crippen LogP contribution in [0.25, 0.3) is 0 Å². The van der Waals surface area contributed by atoms with Gasteiger partial charge in [-0.2, -0.15) is 0 Å². The first kappa shape index (κ1) is 15.0. The molecule has 0 aliphatic carbocycles. The summed E-state index contributed by atoms with van der Waals surface area (Å²) in [5, 5.41) is 5.79. The average Bonchev–Trinajstić information content (AvgIpc) is 2.22. The van der Waals surface area contributed by atoms with Crippen molar-refractivity contribution in [1.82, 2.24) is 10.3 Å². The number of halogens is 1. The molecule has 5 nitrogen and oxygen atoms in total. The van der Waals surface area contributed by atoms with Crippen LogP contribution in [0.15, 0.2) is 18.2 Å². The number of hydrogen-bond acceptors (Lipinski definition) is 4. The van der Waals surface area contributed by atoms with E-state index in [2.05, 4.69) is 38.2 Å². The summed E-state index contributed by atoms with van der Waals surface area (Å²) in [6, 6.07) is 5.73. The van der Waals surface area contributed by atoms with Crippen molar-refractivity contribution in [2.45, 2.75) is 26.4 Å². The molecule has 0 fully saturated rings. The summed E-state index contributed by atoms with van der Waals surface area (Å²) in [5.74, 6) is 0.799. The Balaban J connectivity index is 2.21. The summed E-state index contributed by atoms with van der Waals surface area (Å²) in [5.41, 5.74) is -0.464. The molecule has 0 unspecified atom stereocenters. The number of carbonyl (C=O) groups is 1. The average molecular weight is 363 g/mol. The molecule has 1 rings (SSSR count). The number of pyridine rings is 1. The minimum atomic E-state index is -0.464. The van der Waals surface area contributed by atoms with E-state index in [1.807, 2.05) is 39.0 Å². The molecule has 0 radical (unpaired) electrons. The van der Waals surface area contributed by atoms with Crippen LogP contribution >= 0.6 is 22.6 Å². The second kappa shape index (κ2) is 6.77. The normalized spacial score (nSPS) is 10.9. The first-order valence-corrected chi connectivity index (χ1v) is 6.78. The Labute approximate surface area is 121 Å². The third-order valence-corrected chi connectivity index (χ3v) is 2.42. The van der Waals surface area contributed by atoms with Crippen molar-refractivity contribution < 1.29 is 9.53 Å². The molecule has 2 N–H and O–H groups in total. The number of ether oxygens (including phenoxy) is 1. The third-order valence-electron chi connectivity index (χ3n) is 1.81. The number of anilines is 1. The monoisotopic (exact) mass is 363 g/mol. The van der Waals surface area contributed by atoms with Gasteiger partial charge in [-0.1, -0.05) is 6.07 Å². The molecule has 0 saturated heterocycles. The second-order valence-electron chi connectivity index (χ2n) is 4.70. The summed E-state index contributed by atoms with van der Waals surface area (Å²) in [6.45, 7) is 6.59. The van der Waals surface area contributed by atoms with Crippen molar-refractivity contribution in [3.05, 3.63) is 21.9 Å². The van der Waals surface area contributed by atoms with Crippen LogP contribution in [0.3, 0.4) is 0 Å². The fourth-order valence-electron chi connectivity index (χ4n) is 1.18.